The third-order valence-electron chi connectivity index (χ3n) is 4.50. The largest absolute Gasteiger partial charge is 0.355 e. The standard InChI is InChI=1S/C17H26N2O/c1-13(15-5-3-2-4-6-15)12-19-17(20)16-9-7-14(11-18)8-10-16/h2-6,13-14,16H,7-12,18H2,1H3,(H,19,20). The lowest BCUT2D eigenvalue weighted by Gasteiger charge is -2.27. The summed E-state index contributed by atoms with van der Waals surface area (Å²) in [5.41, 5.74) is 6.96. The van der Waals surface area contributed by atoms with Crippen LogP contribution in [0, 0.1) is 11.8 Å². The van der Waals surface area contributed by atoms with Crippen LogP contribution in [0.4, 0.5) is 0 Å². The first-order chi connectivity index (χ1) is 9.70. The van der Waals surface area contributed by atoms with E-state index in [9.17, 15) is 4.79 Å². The van der Waals surface area contributed by atoms with Crippen LogP contribution in [0.1, 0.15) is 44.1 Å². The van der Waals surface area contributed by atoms with Crippen molar-refractivity contribution < 1.29 is 4.79 Å². The highest BCUT2D eigenvalue weighted by Gasteiger charge is 2.25. The quantitative estimate of drug-likeness (QED) is 0.867. The molecule has 0 saturated heterocycles. The Morgan fingerprint density at radius 3 is 2.50 bits per heavy atom. The number of amides is 1. The monoisotopic (exact) mass is 274 g/mol. The zero-order valence-corrected chi connectivity index (χ0v) is 12.3. The van der Waals surface area contributed by atoms with Crippen molar-refractivity contribution in [3.8, 4) is 0 Å². The van der Waals surface area contributed by atoms with E-state index in [0.29, 0.717) is 11.8 Å². The van der Waals surface area contributed by atoms with Gasteiger partial charge in [0, 0.05) is 12.5 Å². The molecule has 110 valence electrons. The van der Waals surface area contributed by atoms with Crippen LogP contribution in [0.2, 0.25) is 0 Å². The predicted molar refractivity (Wildman–Crippen MR) is 82.4 cm³/mol. The van der Waals surface area contributed by atoms with Gasteiger partial charge in [-0.05, 0) is 49.6 Å². The van der Waals surface area contributed by atoms with Gasteiger partial charge in [0.15, 0.2) is 0 Å². The second kappa shape index (κ2) is 7.44. The van der Waals surface area contributed by atoms with Crippen molar-refractivity contribution >= 4 is 5.91 Å². The van der Waals surface area contributed by atoms with E-state index in [1.165, 1.54) is 5.56 Å². The van der Waals surface area contributed by atoms with Gasteiger partial charge in [-0.2, -0.15) is 0 Å². The van der Waals surface area contributed by atoms with Gasteiger partial charge in [0.25, 0.3) is 0 Å². The third-order valence-corrected chi connectivity index (χ3v) is 4.50. The molecule has 0 aliphatic heterocycles. The number of nitrogens with one attached hydrogen (secondary N) is 1. The summed E-state index contributed by atoms with van der Waals surface area (Å²) < 4.78 is 0. The van der Waals surface area contributed by atoms with Crippen LogP contribution in [0.3, 0.4) is 0 Å². The van der Waals surface area contributed by atoms with E-state index in [-0.39, 0.29) is 11.8 Å². The summed E-state index contributed by atoms with van der Waals surface area (Å²) in [7, 11) is 0. The lowest BCUT2D eigenvalue weighted by molar-refractivity contribution is -0.126. The minimum absolute atomic E-state index is 0.195. The van der Waals surface area contributed by atoms with Gasteiger partial charge in [-0.1, -0.05) is 37.3 Å². The minimum Gasteiger partial charge on any atom is -0.355 e. The van der Waals surface area contributed by atoms with Crippen molar-refractivity contribution in [1.82, 2.24) is 5.32 Å². The van der Waals surface area contributed by atoms with Crippen molar-refractivity contribution in [3.63, 3.8) is 0 Å². The molecule has 0 bridgehead atoms. The van der Waals surface area contributed by atoms with Crippen LogP contribution in [0.25, 0.3) is 0 Å². The molecule has 0 aromatic heterocycles. The van der Waals surface area contributed by atoms with Gasteiger partial charge >= 0.3 is 0 Å². The van der Waals surface area contributed by atoms with Gasteiger partial charge in [-0.15, -0.1) is 0 Å². The van der Waals surface area contributed by atoms with Crippen LogP contribution in [0.15, 0.2) is 30.3 Å². The summed E-state index contributed by atoms with van der Waals surface area (Å²) in [4.78, 5) is 12.2. The molecule has 3 nitrogen and oxygen atoms in total. The Morgan fingerprint density at radius 1 is 1.25 bits per heavy atom. The molecule has 2 rings (SSSR count). The Hall–Kier alpha value is -1.35. The maximum atomic E-state index is 12.2. The first-order valence-corrected chi connectivity index (χ1v) is 7.73. The molecular weight excluding hydrogens is 248 g/mol. The van der Waals surface area contributed by atoms with E-state index in [1.54, 1.807) is 0 Å². The number of nitrogens with two attached hydrogens (primary N) is 1. The van der Waals surface area contributed by atoms with Crippen LogP contribution < -0.4 is 11.1 Å². The predicted octanol–water partition coefficient (Wildman–Crippen LogP) is 2.67. The highest BCUT2D eigenvalue weighted by molar-refractivity contribution is 5.78. The van der Waals surface area contributed by atoms with Crippen LogP contribution in [-0.4, -0.2) is 19.0 Å². The molecule has 1 saturated carbocycles. The average Bonchev–Trinajstić information content (AvgIpc) is 2.53. The first kappa shape index (κ1) is 15.0. The number of hydrogen-bond donors (Lipinski definition) is 2. The first-order valence-electron chi connectivity index (χ1n) is 7.73. The minimum atomic E-state index is 0.195. The molecule has 0 radical (unpaired) electrons. The maximum absolute atomic E-state index is 12.2. The fourth-order valence-corrected chi connectivity index (χ4v) is 2.96. The molecule has 1 aromatic carbocycles. The Balaban J connectivity index is 1.75. The highest BCUT2D eigenvalue weighted by Crippen LogP contribution is 2.28. The van der Waals surface area contributed by atoms with E-state index in [4.69, 9.17) is 5.73 Å². The normalized spacial score (nSPS) is 24.1. The molecule has 0 spiro atoms. The van der Waals surface area contributed by atoms with Gasteiger partial charge in [-0.25, -0.2) is 0 Å². The van der Waals surface area contributed by atoms with Crippen molar-refractivity contribution in [2.45, 2.75) is 38.5 Å². The fraction of sp³-hybridized carbons (Fsp3) is 0.588. The number of hydrogen-bond acceptors (Lipinski definition) is 2. The van der Waals surface area contributed by atoms with Gasteiger partial charge in [0.1, 0.15) is 0 Å². The molecule has 20 heavy (non-hydrogen) atoms. The van der Waals surface area contributed by atoms with Crippen molar-refractivity contribution in [3.05, 3.63) is 35.9 Å². The smallest absolute Gasteiger partial charge is 0.223 e. The van der Waals surface area contributed by atoms with E-state index >= 15 is 0 Å². The summed E-state index contributed by atoms with van der Waals surface area (Å²) in [6.45, 7) is 3.64. The molecule has 1 aliphatic carbocycles. The molecule has 1 aliphatic rings. The lowest BCUT2D eigenvalue weighted by Crippen LogP contribution is -2.36. The maximum Gasteiger partial charge on any atom is 0.223 e. The van der Waals surface area contributed by atoms with Crippen molar-refractivity contribution in [1.29, 1.82) is 0 Å². The lowest BCUT2D eigenvalue weighted by atomic mass is 9.81. The molecule has 0 heterocycles. The molecule has 3 heteroatoms. The van der Waals surface area contributed by atoms with Crippen LogP contribution in [-0.2, 0) is 4.79 Å². The molecule has 1 unspecified atom stereocenters. The van der Waals surface area contributed by atoms with Crippen LogP contribution in [0.5, 0.6) is 0 Å². The fourth-order valence-electron chi connectivity index (χ4n) is 2.96. The van der Waals surface area contributed by atoms with E-state index in [0.717, 1.165) is 38.8 Å². The number of benzene rings is 1. The molecule has 3 N–H and O–H groups in total. The third kappa shape index (κ3) is 4.07. The van der Waals surface area contributed by atoms with Gasteiger partial charge < -0.3 is 11.1 Å². The van der Waals surface area contributed by atoms with Crippen molar-refractivity contribution in [2.75, 3.05) is 13.1 Å². The van der Waals surface area contributed by atoms with Gasteiger partial charge in [-0.3, -0.25) is 4.79 Å². The van der Waals surface area contributed by atoms with E-state index in [1.807, 2.05) is 18.2 Å². The van der Waals surface area contributed by atoms with E-state index in [2.05, 4.69) is 24.4 Å². The Kier molecular flexibility index (Phi) is 5.60. The SMILES string of the molecule is CC(CNC(=O)C1CCC(CN)CC1)c1ccccc1. The summed E-state index contributed by atoms with van der Waals surface area (Å²) in [6.07, 6.45) is 4.19. The summed E-state index contributed by atoms with van der Waals surface area (Å²) in [6, 6.07) is 10.3. The molecule has 1 atom stereocenters. The average molecular weight is 274 g/mol. The number of carbonyl (C=O) groups is 1. The van der Waals surface area contributed by atoms with Gasteiger partial charge in [0.2, 0.25) is 5.91 Å². The zero-order chi connectivity index (χ0) is 14.4. The van der Waals surface area contributed by atoms with E-state index < -0.39 is 0 Å². The Bertz CT molecular complexity index is 410. The second-order valence-electron chi connectivity index (χ2n) is 6.01. The molecule has 1 amide bonds. The van der Waals surface area contributed by atoms with Crippen molar-refractivity contribution in [2.24, 2.45) is 17.6 Å². The summed E-state index contributed by atoms with van der Waals surface area (Å²) in [5, 5.41) is 3.11. The molecular formula is C17H26N2O. The second-order valence-corrected chi connectivity index (χ2v) is 6.01. The van der Waals surface area contributed by atoms with Crippen LogP contribution >= 0.6 is 0 Å². The number of carbonyl (C=O) groups excluding carboxylic acids is 1. The molecule has 1 fully saturated rings. The molecule has 1 aromatic rings. The Morgan fingerprint density at radius 2 is 1.90 bits per heavy atom. The summed E-state index contributed by atoms with van der Waals surface area (Å²) in [5.74, 6) is 1.41. The topological polar surface area (TPSA) is 55.1 Å². The Labute approximate surface area is 121 Å². The highest BCUT2D eigenvalue weighted by atomic mass is 16.1. The zero-order valence-electron chi connectivity index (χ0n) is 12.3. The summed E-state index contributed by atoms with van der Waals surface area (Å²) >= 11 is 0. The number of rotatable bonds is 5. The van der Waals surface area contributed by atoms with Gasteiger partial charge in [0.05, 0.1) is 0 Å².